The second kappa shape index (κ2) is 6.27. The van der Waals surface area contributed by atoms with Crippen molar-refractivity contribution in [2.75, 3.05) is 19.6 Å². The van der Waals surface area contributed by atoms with Crippen molar-refractivity contribution in [1.29, 1.82) is 0 Å². The Morgan fingerprint density at radius 2 is 2.36 bits per heavy atom. The van der Waals surface area contributed by atoms with Crippen molar-refractivity contribution in [1.82, 2.24) is 20.4 Å². The van der Waals surface area contributed by atoms with Gasteiger partial charge in [-0.3, -0.25) is 9.78 Å². The minimum Gasteiger partial charge on any atom is -0.351 e. The van der Waals surface area contributed by atoms with E-state index in [0.717, 1.165) is 17.8 Å². The molecule has 2 aromatic rings. The zero-order chi connectivity index (χ0) is 15.5. The molecule has 6 heteroatoms. The Balaban J connectivity index is 1.85. The van der Waals surface area contributed by atoms with Crippen LogP contribution in [0.2, 0.25) is 0 Å². The molecule has 0 aromatic carbocycles. The summed E-state index contributed by atoms with van der Waals surface area (Å²) in [6.07, 6.45) is 3.54. The van der Waals surface area contributed by atoms with Gasteiger partial charge in [-0.25, -0.2) is 0 Å². The number of hydrogen-bond acceptors (Lipinski definition) is 5. The van der Waals surface area contributed by atoms with E-state index in [4.69, 9.17) is 4.52 Å². The molecule has 1 saturated heterocycles. The van der Waals surface area contributed by atoms with Gasteiger partial charge in [0.2, 0.25) is 5.76 Å². The molecule has 0 saturated carbocycles. The average molecular weight is 300 g/mol. The Labute approximate surface area is 129 Å². The summed E-state index contributed by atoms with van der Waals surface area (Å²) in [5, 5.41) is 7.30. The highest BCUT2D eigenvalue weighted by Crippen LogP contribution is 2.24. The number of aromatic nitrogens is 2. The lowest BCUT2D eigenvalue weighted by molar-refractivity contribution is 0.0591. The Kier molecular flexibility index (Phi) is 4.20. The monoisotopic (exact) mass is 300 g/mol. The van der Waals surface area contributed by atoms with Crippen LogP contribution >= 0.6 is 0 Å². The van der Waals surface area contributed by atoms with Crippen LogP contribution in [0.25, 0.3) is 0 Å². The van der Waals surface area contributed by atoms with E-state index >= 15 is 0 Å². The summed E-state index contributed by atoms with van der Waals surface area (Å²) in [4.78, 5) is 18.7. The van der Waals surface area contributed by atoms with Crippen molar-refractivity contribution in [3.05, 3.63) is 47.6 Å². The summed E-state index contributed by atoms with van der Waals surface area (Å²) in [6.45, 7) is 6.16. The van der Waals surface area contributed by atoms with Crippen molar-refractivity contribution in [2.45, 2.75) is 25.8 Å². The summed E-state index contributed by atoms with van der Waals surface area (Å²) in [6, 6.07) is 5.58. The van der Waals surface area contributed by atoms with E-state index in [-0.39, 0.29) is 17.9 Å². The first kappa shape index (κ1) is 14.7. The molecule has 1 aliphatic rings. The molecule has 116 valence electrons. The van der Waals surface area contributed by atoms with Gasteiger partial charge in [0.05, 0.1) is 11.7 Å². The molecule has 0 aliphatic carbocycles. The molecule has 3 heterocycles. The van der Waals surface area contributed by atoms with Gasteiger partial charge < -0.3 is 14.7 Å². The predicted octanol–water partition coefficient (Wildman–Crippen LogP) is 1.98. The van der Waals surface area contributed by atoms with E-state index in [1.165, 1.54) is 0 Å². The molecule has 0 spiro atoms. The summed E-state index contributed by atoms with van der Waals surface area (Å²) >= 11 is 0. The van der Waals surface area contributed by atoms with Gasteiger partial charge in [-0.2, -0.15) is 0 Å². The number of nitrogens with one attached hydrogen (secondary N) is 1. The van der Waals surface area contributed by atoms with E-state index in [1.54, 1.807) is 18.5 Å². The molecule has 22 heavy (non-hydrogen) atoms. The van der Waals surface area contributed by atoms with Gasteiger partial charge in [0, 0.05) is 38.1 Å². The molecule has 6 nitrogen and oxygen atoms in total. The quantitative estimate of drug-likeness (QED) is 0.938. The lowest BCUT2D eigenvalue weighted by Gasteiger charge is -2.35. The topological polar surface area (TPSA) is 71.3 Å². The van der Waals surface area contributed by atoms with Crippen molar-refractivity contribution in [3.8, 4) is 0 Å². The number of nitrogens with zero attached hydrogens (tertiary/aromatic N) is 3. The third-order valence-electron chi connectivity index (χ3n) is 3.90. The third kappa shape index (κ3) is 2.87. The van der Waals surface area contributed by atoms with Crippen molar-refractivity contribution in [2.24, 2.45) is 0 Å². The van der Waals surface area contributed by atoms with Gasteiger partial charge >= 0.3 is 0 Å². The highest BCUT2D eigenvalue weighted by molar-refractivity contribution is 5.92. The lowest BCUT2D eigenvalue weighted by atomic mass is 10.0. The van der Waals surface area contributed by atoms with Crippen LogP contribution in [0, 0.1) is 0 Å². The van der Waals surface area contributed by atoms with Crippen molar-refractivity contribution >= 4 is 5.91 Å². The smallest absolute Gasteiger partial charge is 0.293 e. The minimum atomic E-state index is -0.116. The molecule has 3 rings (SSSR count). The predicted molar refractivity (Wildman–Crippen MR) is 81.5 cm³/mol. The third-order valence-corrected chi connectivity index (χ3v) is 3.90. The molecule has 1 atom stereocenters. The minimum absolute atomic E-state index is 0.0393. The molecule has 0 radical (unpaired) electrons. The summed E-state index contributed by atoms with van der Waals surface area (Å²) in [5.74, 6) is 0.427. The standard InChI is InChI=1S/C16H20N4O2/c1-11(2)13-8-15(22-19-13)16(21)20-7-6-18-10-14(20)12-4-3-5-17-9-12/h3-5,8-9,11,14,18H,6-7,10H2,1-2H3. The van der Waals surface area contributed by atoms with Crippen molar-refractivity contribution < 1.29 is 9.32 Å². The summed E-state index contributed by atoms with van der Waals surface area (Å²) in [5.41, 5.74) is 1.82. The SMILES string of the molecule is CC(C)c1cc(C(=O)N2CCNCC2c2cccnc2)on1. The normalized spacial score (nSPS) is 18.7. The van der Waals surface area contributed by atoms with E-state index < -0.39 is 0 Å². The van der Waals surface area contributed by atoms with Crippen molar-refractivity contribution in [3.63, 3.8) is 0 Å². The van der Waals surface area contributed by atoms with Crippen LogP contribution in [-0.4, -0.2) is 40.6 Å². The summed E-state index contributed by atoms with van der Waals surface area (Å²) < 4.78 is 5.25. The largest absolute Gasteiger partial charge is 0.351 e. The number of carbonyl (C=O) groups excluding carboxylic acids is 1. The first-order valence-corrected chi connectivity index (χ1v) is 7.55. The fourth-order valence-corrected chi connectivity index (χ4v) is 2.62. The van der Waals surface area contributed by atoms with Crippen LogP contribution in [0.3, 0.4) is 0 Å². The first-order chi connectivity index (χ1) is 10.7. The Bertz CT molecular complexity index is 639. The molecule has 1 fully saturated rings. The molecule has 1 aliphatic heterocycles. The fourth-order valence-electron chi connectivity index (χ4n) is 2.62. The zero-order valence-electron chi connectivity index (χ0n) is 12.8. The average Bonchev–Trinajstić information content (AvgIpc) is 3.05. The van der Waals surface area contributed by atoms with E-state index in [9.17, 15) is 4.79 Å². The van der Waals surface area contributed by atoms with Crippen LogP contribution in [0.15, 0.2) is 35.1 Å². The molecular weight excluding hydrogens is 280 g/mol. The van der Waals surface area contributed by atoms with Gasteiger partial charge in [0.15, 0.2) is 0 Å². The fraction of sp³-hybridized carbons (Fsp3) is 0.438. The lowest BCUT2D eigenvalue weighted by Crippen LogP contribution is -2.48. The second-order valence-electron chi connectivity index (χ2n) is 5.78. The van der Waals surface area contributed by atoms with Gasteiger partial charge in [-0.15, -0.1) is 0 Å². The van der Waals surface area contributed by atoms with Gasteiger partial charge in [-0.05, 0) is 17.5 Å². The van der Waals surface area contributed by atoms with Gasteiger partial charge in [0.1, 0.15) is 0 Å². The number of carbonyl (C=O) groups is 1. The number of pyridine rings is 1. The molecule has 2 aromatic heterocycles. The number of amides is 1. The van der Waals surface area contributed by atoms with Crippen LogP contribution < -0.4 is 5.32 Å². The molecule has 0 bridgehead atoms. The number of rotatable bonds is 3. The highest BCUT2D eigenvalue weighted by atomic mass is 16.5. The van der Waals surface area contributed by atoms with Crippen LogP contribution in [0.5, 0.6) is 0 Å². The highest BCUT2D eigenvalue weighted by Gasteiger charge is 2.31. The summed E-state index contributed by atoms with van der Waals surface area (Å²) in [7, 11) is 0. The maximum absolute atomic E-state index is 12.8. The van der Waals surface area contributed by atoms with E-state index in [1.807, 2.05) is 30.9 Å². The Morgan fingerprint density at radius 1 is 1.50 bits per heavy atom. The molecule has 1 unspecified atom stereocenters. The first-order valence-electron chi connectivity index (χ1n) is 7.55. The molecule has 1 N–H and O–H groups in total. The maximum Gasteiger partial charge on any atom is 0.293 e. The number of hydrogen-bond donors (Lipinski definition) is 1. The Hall–Kier alpha value is -2.21. The van der Waals surface area contributed by atoms with E-state index in [0.29, 0.717) is 18.8 Å². The van der Waals surface area contributed by atoms with Crippen LogP contribution in [0.1, 0.15) is 47.6 Å². The molecule has 1 amide bonds. The van der Waals surface area contributed by atoms with Crippen LogP contribution in [0.4, 0.5) is 0 Å². The van der Waals surface area contributed by atoms with Gasteiger partial charge in [-0.1, -0.05) is 25.1 Å². The number of piperazine rings is 1. The maximum atomic E-state index is 12.8. The zero-order valence-corrected chi connectivity index (χ0v) is 12.8. The molecular formula is C16H20N4O2. The second-order valence-corrected chi connectivity index (χ2v) is 5.78. The van der Waals surface area contributed by atoms with Crippen LogP contribution in [-0.2, 0) is 0 Å². The Morgan fingerprint density at radius 3 is 3.05 bits per heavy atom. The van der Waals surface area contributed by atoms with Gasteiger partial charge in [0.25, 0.3) is 5.91 Å². The van der Waals surface area contributed by atoms with E-state index in [2.05, 4.69) is 15.5 Å².